The molecule has 1 aromatic carbocycles. The summed E-state index contributed by atoms with van der Waals surface area (Å²) in [5.74, 6) is 0. The third-order valence-electron chi connectivity index (χ3n) is 4.68. The van der Waals surface area contributed by atoms with E-state index in [-0.39, 0.29) is 0 Å². The number of pyridine rings is 1. The molecule has 0 bridgehead atoms. The van der Waals surface area contributed by atoms with Crippen LogP contribution in [-0.4, -0.2) is 4.57 Å². The van der Waals surface area contributed by atoms with Crippen molar-refractivity contribution in [3.63, 3.8) is 0 Å². The minimum Gasteiger partial charge on any atom is -0.310 e. The van der Waals surface area contributed by atoms with Crippen LogP contribution < -0.4 is 4.57 Å². The van der Waals surface area contributed by atoms with E-state index in [4.69, 9.17) is 0 Å². The summed E-state index contributed by atoms with van der Waals surface area (Å²) in [4.78, 5) is 0. The fourth-order valence-corrected chi connectivity index (χ4v) is 3.54. The Bertz CT molecular complexity index is 862. The molecule has 0 aliphatic rings. The van der Waals surface area contributed by atoms with E-state index in [0.717, 1.165) is 0 Å². The number of aryl methyl sites for hydroxylation is 5. The van der Waals surface area contributed by atoms with Crippen LogP contribution in [0.2, 0.25) is 0 Å². The summed E-state index contributed by atoms with van der Waals surface area (Å²) in [6, 6.07) is 10.9. The van der Waals surface area contributed by atoms with Crippen molar-refractivity contribution in [3.8, 4) is 17.1 Å². The molecule has 0 saturated carbocycles. The van der Waals surface area contributed by atoms with Gasteiger partial charge in [-0.1, -0.05) is 17.7 Å². The fraction of sp³-hybridized carbons (Fsp3) is 0.286. The first-order valence-corrected chi connectivity index (χ1v) is 8.12. The second-order valence-corrected chi connectivity index (χ2v) is 6.60. The zero-order valence-corrected chi connectivity index (χ0v) is 14.9. The molecule has 23 heavy (non-hydrogen) atoms. The zero-order valence-electron chi connectivity index (χ0n) is 14.9. The predicted molar refractivity (Wildman–Crippen MR) is 96.1 cm³/mol. The van der Waals surface area contributed by atoms with Crippen LogP contribution in [0.4, 0.5) is 0 Å². The van der Waals surface area contributed by atoms with Crippen LogP contribution in [0.1, 0.15) is 27.8 Å². The van der Waals surface area contributed by atoms with Crippen LogP contribution in [0, 0.1) is 34.6 Å². The molecule has 2 heteroatoms. The Hall–Kier alpha value is -2.35. The first kappa shape index (κ1) is 15.5. The second kappa shape index (κ2) is 5.69. The van der Waals surface area contributed by atoms with E-state index >= 15 is 0 Å². The van der Waals surface area contributed by atoms with Gasteiger partial charge in [0.2, 0.25) is 5.69 Å². The van der Waals surface area contributed by atoms with Gasteiger partial charge in [0.1, 0.15) is 12.7 Å². The minimum atomic E-state index is 1.23. The van der Waals surface area contributed by atoms with Crippen molar-refractivity contribution in [2.24, 2.45) is 7.05 Å². The molecule has 0 saturated heterocycles. The van der Waals surface area contributed by atoms with Gasteiger partial charge in [-0.3, -0.25) is 0 Å². The number of hydrogen-bond acceptors (Lipinski definition) is 0. The highest BCUT2D eigenvalue weighted by atomic mass is 15.0. The Balaban J connectivity index is 2.36. The topological polar surface area (TPSA) is 8.81 Å². The zero-order chi connectivity index (χ0) is 16.7. The number of rotatable bonds is 2. The Morgan fingerprint density at radius 2 is 1.52 bits per heavy atom. The van der Waals surface area contributed by atoms with E-state index in [1.54, 1.807) is 0 Å². The largest absolute Gasteiger partial charge is 0.310 e. The van der Waals surface area contributed by atoms with Gasteiger partial charge in [-0.15, -0.1) is 0 Å². The van der Waals surface area contributed by atoms with Gasteiger partial charge in [-0.25, -0.2) is 0 Å². The molecule has 2 nitrogen and oxygen atoms in total. The lowest BCUT2D eigenvalue weighted by Crippen LogP contribution is -2.31. The van der Waals surface area contributed by atoms with Crippen molar-refractivity contribution < 1.29 is 4.57 Å². The number of aromatic nitrogens is 2. The molecule has 0 aliphatic carbocycles. The summed E-state index contributed by atoms with van der Waals surface area (Å²) in [5.41, 5.74) is 10.4. The van der Waals surface area contributed by atoms with Crippen LogP contribution in [0.15, 0.2) is 42.7 Å². The number of hydrogen-bond donors (Lipinski definition) is 0. The van der Waals surface area contributed by atoms with E-state index in [0.29, 0.717) is 0 Å². The fourth-order valence-electron chi connectivity index (χ4n) is 3.54. The molecular formula is C21H25N2+. The van der Waals surface area contributed by atoms with Crippen molar-refractivity contribution in [2.75, 3.05) is 0 Å². The Morgan fingerprint density at radius 1 is 0.870 bits per heavy atom. The van der Waals surface area contributed by atoms with Gasteiger partial charge in [0, 0.05) is 18.3 Å². The Morgan fingerprint density at radius 3 is 2.13 bits per heavy atom. The van der Waals surface area contributed by atoms with Gasteiger partial charge in [0.25, 0.3) is 0 Å². The number of nitrogens with zero attached hydrogens (tertiary/aromatic N) is 2. The van der Waals surface area contributed by atoms with Crippen LogP contribution in [0.5, 0.6) is 0 Å². The molecule has 2 heterocycles. The lowest BCUT2D eigenvalue weighted by Gasteiger charge is -2.15. The molecule has 0 unspecified atom stereocenters. The van der Waals surface area contributed by atoms with E-state index in [1.807, 2.05) is 0 Å². The molecule has 0 atom stereocenters. The molecule has 0 aliphatic heterocycles. The predicted octanol–water partition coefficient (Wildman–Crippen LogP) is 4.51. The summed E-state index contributed by atoms with van der Waals surface area (Å²) < 4.78 is 4.56. The van der Waals surface area contributed by atoms with Gasteiger partial charge in [0.05, 0.1) is 5.69 Å². The first-order chi connectivity index (χ1) is 10.9. The van der Waals surface area contributed by atoms with E-state index < -0.39 is 0 Å². The second-order valence-electron chi connectivity index (χ2n) is 6.60. The Kier molecular flexibility index (Phi) is 3.85. The molecule has 0 spiro atoms. The lowest BCUT2D eigenvalue weighted by atomic mass is 10.0. The normalized spacial score (nSPS) is 11.0. The maximum absolute atomic E-state index is 2.37. The smallest absolute Gasteiger partial charge is 0.229 e. The summed E-state index contributed by atoms with van der Waals surface area (Å²) in [6.07, 6.45) is 4.37. The molecule has 0 fully saturated rings. The first-order valence-electron chi connectivity index (χ1n) is 8.12. The van der Waals surface area contributed by atoms with Gasteiger partial charge in [0.15, 0.2) is 6.20 Å². The molecule has 0 amide bonds. The van der Waals surface area contributed by atoms with Crippen LogP contribution in [-0.2, 0) is 7.05 Å². The maximum atomic E-state index is 2.37. The van der Waals surface area contributed by atoms with Gasteiger partial charge in [-0.05, 0) is 62.9 Å². The molecule has 0 radical (unpaired) electrons. The molecule has 3 rings (SSSR count). The highest BCUT2D eigenvalue weighted by Crippen LogP contribution is 2.31. The van der Waals surface area contributed by atoms with E-state index in [9.17, 15) is 0 Å². The highest BCUT2D eigenvalue weighted by molar-refractivity contribution is 5.65. The summed E-state index contributed by atoms with van der Waals surface area (Å²) in [7, 11) is 2.11. The molecule has 3 aromatic rings. The van der Waals surface area contributed by atoms with Crippen molar-refractivity contribution in [1.29, 1.82) is 0 Å². The third kappa shape index (κ3) is 2.59. The monoisotopic (exact) mass is 305 g/mol. The van der Waals surface area contributed by atoms with Gasteiger partial charge >= 0.3 is 0 Å². The van der Waals surface area contributed by atoms with Crippen molar-refractivity contribution in [3.05, 3.63) is 70.5 Å². The standard InChI is InChI=1S/C21H25N2/c1-14-11-15(2)20(16(3)12-14)23-13-17(4)18(5)21(23)19-9-7-8-10-22(19)6/h7-13H,1-6H3/q+1. The van der Waals surface area contributed by atoms with Crippen LogP contribution >= 0.6 is 0 Å². The van der Waals surface area contributed by atoms with E-state index in [2.05, 4.69) is 93.5 Å². The van der Waals surface area contributed by atoms with Crippen molar-refractivity contribution in [1.82, 2.24) is 4.57 Å². The maximum Gasteiger partial charge on any atom is 0.229 e. The van der Waals surface area contributed by atoms with Crippen LogP contribution in [0.3, 0.4) is 0 Å². The average molecular weight is 305 g/mol. The molecular weight excluding hydrogens is 280 g/mol. The molecule has 2 aromatic heterocycles. The summed E-state index contributed by atoms with van der Waals surface area (Å²) >= 11 is 0. The molecule has 118 valence electrons. The van der Waals surface area contributed by atoms with Crippen molar-refractivity contribution in [2.45, 2.75) is 34.6 Å². The Labute approximate surface area is 139 Å². The van der Waals surface area contributed by atoms with Crippen LogP contribution in [0.25, 0.3) is 17.1 Å². The third-order valence-corrected chi connectivity index (χ3v) is 4.68. The lowest BCUT2D eigenvalue weighted by molar-refractivity contribution is -0.660. The molecule has 0 N–H and O–H groups in total. The SMILES string of the molecule is Cc1cc(C)c(-n2cc(C)c(C)c2-c2cccc[n+]2C)c(C)c1. The van der Waals surface area contributed by atoms with Gasteiger partial charge < -0.3 is 4.57 Å². The number of benzene rings is 1. The van der Waals surface area contributed by atoms with Crippen molar-refractivity contribution >= 4 is 0 Å². The quantitative estimate of drug-likeness (QED) is 0.616. The summed E-state index contributed by atoms with van der Waals surface area (Å²) in [5, 5.41) is 0. The summed E-state index contributed by atoms with van der Waals surface area (Å²) in [6.45, 7) is 11.0. The highest BCUT2D eigenvalue weighted by Gasteiger charge is 2.21. The van der Waals surface area contributed by atoms with E-state index in [1.165, 1.54) is 44.9 Å². The minimum absolute atomic E-state index is 1.23. The average Bonchev–Trinajstić information content (AvgIpc) is 2.74. The van der Waals surface area contributed by atoms with Gasteiger partial charge in [-0.2, -0.15) is 4.57 Å².